The molecule has 1 aromatic heterocycles. The summed E-state index contributed by atoms with van der Waals surface area (Å²) >= 11 is 0. The largest absolute Gasteiger partial charge is 0.469 e. The third-order valence-corrected chi connectivity index (χ3v) is 1.69. The van der Waals surface area contributed by atoms with Crippen LogP contribution in [0.1, 0.15) is 45.4 Å². The van der Waals surface area contributed by atoms with E-state index in [2.05, 4.69) is 6.07 Å². The summed E-state index contributed by atoms with van der Waals surface area (Å²) in [5, 5.41) is 0. The van der Waals surface area contributed by atoms with Gasteiger partial charge in [-0.1, -0.05) is 27.7 Å². The van der Waals surface area contributed by atoms with Gasteiger partial charge < -0.3 is 4.42 Å². The molecule has 0 radical (unpaired) electrons. The maximum Gasteiger partial charge on any atom is 0.106 e. The first kappa shape index (κ1) is 11.3. The minimum Gasteiger partial charge on any atom is -0.469 e. The SMILES string of the molecule is CC.CC.c1cc2c(o1)CCC2. The molecule has 0 unspecified atom stereocenters. The number of hydrogen-bond acceptors (Lipinski definition) is 1. The highest BCUT2D eigenvalue weighted by atomic mass is 16.3. The van der Waals surface area contributed by atoms with Crippen LogP contribution in [0.25, 0.3) is 0 Å². The number of rotatable bonds is 0. The van der Waals surface area contributed by atoms with E-state index in [1.807, 2.05) is 27.7 Å². The van der Waals surface area contributed by atoms with E-state index in [4.69, 9.17) is 4.42 Å². The summed E-state index contributed by atoms with van der Waals surface area (Å²) in [7, 11) is 0. The van der Waals surface area contributed by atoms with Gasteiger partial charge in [0.05, 0.1) is 6.26 Å². The molecule has 1 aliphatic rings. The standard InChI is InChI=1S/C7H8O.2C2H6/c1-2-6-4-5-8-7(6)3-1;2*1-2/h4-5H,1-3H2;2*1-2H3. The van der Waals surface area contributed by atoms with E-state index < -0.39 is 0 Å². The van der Waals surface area contributed by atoms with Crippen LogP contribution in [0.2, 0.25) is 0 Å². The predicted octanol–water partition coefficient (Wildman–Crippen LogP) is 3.82. The Morgan fingerprint density at radius 2 is 1.75 bits per heavy atom. The highest BCUT2D eigenvalue weighted by Crippen LogP contribution is 2.21. The molecule has 0 fully saturated rings. The lowest BCUT2D eigenvalue weighted by Gasteiger charge is -1.79. The Kier molecular flexibility index (Phi) is 6.54. The maximum atomic E-state index is 5.18. The van der Waals surface area contributed by atoms with Crippen molar-refractivity contribution in [2.45, 2.75) is 47.0 Å². The average molecular weight is 168 g/mol. The van der Waals surface area contributed by atoms with E-state index in [1.165, 1.54) is 24.2 Å². The van der Waals surface area contributed by atoms with E-state index in [-0.39, 0.29) is 0 Å². The van der Waals surface area contributed by atoms with Crippen LogP contribution in [0.4, 0.5) is 0 Å². The minimum absolute atomic E-state index is 1.16. The molecule has 1 aromatic rings. The van der Waals surface area contributed by atoms with Gasteiger partial charge in [0, 0.05) is 6.42 Å². The van der Waals surface area contributed by atoms with Crippen LogP contribution in [0, 0.1) is 0 Å². The Bertz CT molecular complexity index is 170. The fourth-order valence-electron chi connectivity index (χ4n) is 1.25. The van der Waals surface area contributed by atoms with E-state index >= 15 is 0 Å². The molecule has 1 aliphatic carbocycles. The van der Waals surface area contributed by atoms with Crippen molar-refractivity contribution in [3.8, 4) is 0 Å². The lowest BCUT2D eigenvalue weighted by molar-refractivity contribution is 0.515. The second kappa shape index (κ2) is 6.96. The second-order valence-electron chi connectivity index (χ2n) is 2.22. The lowest BCUT2D eigenvalue weighted by atomic mass is 10.3. The van der Waals surface area contributed by atoms with Crippen LogP contribution in [0.5, 0.6) is 0 Å². The van der Waals surface area contributed by atoms with Gasteiger partial charge in [-0.3, -0.25) is 0 Å². The van der Waals surface area contributed by atoms with Gasteiger partial charge >= 0.3 is 0 Å². The molecule has 0 amide bonds. The molecule has 70 valence electrons. The molecule has 0 spiro atoms. The molecule has 0 atom stereocenters. The first-order valence-electron chi connectivity index (χ1n) is 5.02. The Morgan fingerprint density at radius 1 is 1.08 bits per heavy atom. The fourth-order valence-corrected chi connectivity index (χ4v) is 1.25. The molecule has 0 bridgehead atoms. The summed E-state index contributed by atoms with van der Waals surface area (Å²) in [5.74, 6) is 1.21. The van der Waals surface area contributed by atoms with E-state index in [1.54, 1.807) is 6.26 Å². The van der Waals surface area contributed by atoms with Crippen molar-refractivity contribution < 1.29 is 4.42 Å². The number of furan rings is 1. The van der Waals surface area contributed by atoms with Crippen LogP contribution in [0.15, 0.2) is 16.7 Å². The lowest BCUT2D eigenvalue weighted by Crippen LogP contribution is -1.66. The quantitative estimate of drug-likeness (QED) is 0.574. The Labute approximate surface area is 75.8 Å². The molecule has 0 N–H and O–H groups in total. The smallest absolute Gasteiger partial charge is 0.106 e. The molecule has 0 aromatic carbocycles. The first-order chi connectivity index (χ1) is 5.97. The van der Waals surface area contributed by atoms with Crippen molar-refractivity contribution in [3.05, 3.63) is 23.7 Å². The number of aryl methyl sites for hydroxylation is 2. The fraction of sp³-hybridized carbons (Fsp3) is 0.636. The van der Waals surface area contributed by atoms with Crippen LogP contribution in [0.3, 0.4) is 0 Å². The van der Waals surface area contributed by atoms with Crippen molar-refractivity contribution in [3.63, 3.8) is 0 Å². The topological polar surface area (TPSA) is 13.1 Å². The van der Waals surface area contributed by atoms with E-state index in [0.29, 0.717) is 0 Å². The highest BCUT2D eigenvalue weighted by Gasteiger charge is 2.11. The predicted molar refractivity (Wildman–Crippen MR) is 53.4 cm³/mol. The third-order valence-electron chi connectivity index (χ3n) is 1.69. The van der Waals surface area contributed by atoms with Crippen molar-refractivity contribution in [1.82, 2.24) is 0 Å². The van der Waals surface area contributed by atoms with Gasteiger partial charge in [-0.2, -0.15) is 0 Å². The molecule has 0 aliphatic heterocycles. The van der Waals surface area contributed by atoms with E-state index in [9.17, 15) is 0 Å². The Hall–Kier alpha value is -0.720. The van der Waals surface area contributed by atoms with Gasteiger partial charge in [0.25, 0.3) is 0 Å². The van der Waals surface area contributed by atoms with Crippen molar-refractivity contribution >= 4 is 0 Å². The van der Waals surface area contributed by atoms with Crippen LogP contribution < -0.4 is 0 Å². The third kappa shape index (κ3) is 2.72. The normalized spacial score (nSPS) is 12.0. The van der Waals surface area contributed by atoms with Crippen LogP contribution in [-0.2, 0) is 12.8 Å². The zero-order valence-corrected chi connectivity index (χ0v) is 8.68. The van der Waals surface area contributed by atoms with Crippen LogP contribution in [-0.4, -0.2) is 0 Å². The highest BCUT2D eigenvalue weighted by molar-refractivity contribution is 5.21. The monoisotopic (exact) mass is 168 g/mol. The molecule has 1 nitrogen and oxygen atoms in total. The molecule has 0 saturated heterocycles. The zero-order chi connectivity index (χ0) is 9.40. The van der Waals surface area contributed by atoms with Gasteiger partial charge in [-0.15, -0.1) is 0 Å². The summed E-state index contributed by atoms with van der Waals surface area (Å²) in [5.41, 5.74) is 1.42. The summed E-state index contributed by atoms with van der Waals surface area (Å²) < 4.78 is 5.18. The maximum absolute atomic E-state index is 5.18. The van der Waals surface area contributed by atoms with Gasteiger partial charge in [0.15, 0.2) is 0 Å². The summed E-state index contributed by atoms with van der Waals surface area (Å²) in [4.78, 5) is 0. The van der Waals surface area contributed by atoms with Crippen molar-refractivity contribution in [2.24, 2.45) is 0 Å². The second-order valence-corrected chi connectivity index (χ2v) is 2.22. The van der Waals surface area contributed by atoms with Gasteiger partial charge in [-0.05, 0) is 24.5 Å². The van der Waals surface area contributed by atoms with Crippen molar-refractivity contribution in [2.75, 3.05) is 0 Å². The van der Waals surface area contributed by atoms with Crippen LogP contribution >= 0.6 is 0 Å². The Morgan fingerprint density at radius 3 is 2.33 bits per heavy atom. The summed E-state index contributed by atoms with van der Waals surface area (Å²) in [6, 6.07) is 2.07. The van der Waals surface area contributed by atoms with Gasteiger partial charge in [0.1, 0.15) is 5.76 Å². The van der Waals surface area contributed by atoms with Crippen molar-refractivity contribution in [1.29, 1.82) is 0 Å². The Balaban J connectivity index is 0.000000269. The number of fused-ring (bicyclic) bond motifs is 1. The molecular weight excluding hydrogens is 148 g/mol. The van der Waals surface area contributed by atoms with Gasteiger partial charge in [0.2, 0.25) is 0 Å². The number of hydrogen-bond donors (Lipinski definition) is 0. The molecule has 12 heavy (non-hydrogen) atoms. The molecule has 0 saturated carbocycles. The van der Waals surface area contributed by atoms with E-state index in [0.717, 1.165) is 6.42 Å². The zero-order valence-electron chi connectivity index (χ0n) is 8.68. The summed E-state index contributed by atoms with van der Waals surface area (Å²) in [6.45, 7) is 8.00. The molecule has 1 heterocycles. The average Bonchev–Trinajstić information content (AvgIpc) is 2.72. The summed E-state index contributed by atoms with van der Waals surface area (Å²) in [6.07, 6.45) is 5.45. The molecule has 1 heteroatoms. The first-order valence-corrected chi connectivity index (χ1v) is 5.02. The van der Waals surface area contributed by atoms with Gasteiger partial charge in [-0.25, -0.2) is 0 Å². The minimum atomic E-state index is 1.16. The molecule has 2 rings (SSSR count). The molecular formula is C11H20O.